The van der Waals surface area contributed by atoms with Crippen molar-refractivity contribution < 1.29 is 18.0 Å². The second-order valence-electron chi connectivity index (χ2n) is 7.75. The summed E-state index contributed by atoms with van der Waals surface area (Å²) in [5.74, 6) is -0.650. The van der Waals surface area contributed by atoms with Crippen LogP contribution >= 0.6 is 0 Å². The summed E-state index contributed by atoms with van der Waals surface area (Å²) in [6, 6.07) is 16.0. The highest BCUT2D eigenvalue weighted by Crippen LogP contribution is 2.19. The second kappa shape index (κ2) is 11.7. The van der Waals surface area contributed by atoms with Crippen molar-refractivity contribution in [3.63, 3.8) is 0 Å². The van der Waals surface area contributed by atoms with Gasteiger partial charge in [0.15, 0.2) is 0 Å². The van der Waals surface area contributed by atoms with Gasteiger partial charge in [-0.05, 0) is 44.4 Å². The number of hydrogen-bond donors (Lipinski definition) is 1. The Kier molecular flexibility index (Phi) is 9.26. The van der Waals surface area contributed by atoms with E-state index < -0.39 is 22.0 Å². The third kappa shape index (κ3) is 7.09. The van der Waals surface area contributed by atoms with Crippen molar-refractivity contribution in [1.82, 2.24) is 10.2 Å². The molecule has 1 N–H and O–H groups in total. The molecule has 0 aliphatic carbocycles. The average Bonchev–Trinajstić information content (AvgIpc) is 2.75. The molecule has 0 aromatic heterocycles. The van der Waals surface area contributed by atoms with Crippen LogP contribution in [-0.4, -0.2) is 57.1 Å². The fourth-order valence-electron chi connectivity index (χ4n) is 3.51. The number of likely N-dealkylation sites (N-methyl/N-ethyl adjacent to an activating group) is 1. The first-order chi connectivity index (χ1) is 15.2. The standard InChI is InChI=1S/C24H33N3O4S/c1-5-22(24(29)25-6-2)26(17-16-20-10-8-7-9-11-20)23(28)18-27(32(4,30)31)21-14-12-19(3)13-15-21/h7-15,22H,5-6,16-18H2,1-4H3,(H,25,29). The predicted octanol–water partition coefficient (Wildman–Crippen LogP) is 2.75. The Morgan fingerprint density at radius 2 is 1.62 bits per heavy atom. The van der Waals surface area contributed by atoms with E-state index in [4.69, 9.17) is 0 Å². The number of carbonyl (C=O) groups is 2. The van der Waals surface area contributed by atoms with Crippen LogP contribution < -0.4 is 9.62 Å². The molecule has 2 aromatic rings. The highest BCUT2D eigenvalue weighted by atomic mass is 32.2. The summed E-state index contributed by atoms with van der Waals surface area (Å²) < 4.78 is 26.1. The molecule has 2 aromatic carbocycles. The minimum absolute atomic E-state index is 0.238. The van der Waals surface area contributed by atoms with E-state index in [1.807, 2.05) is 51.1 Å². The lowest BCUT2D eigenvalue weighted by Crippen LogP contribution is -2.53. The Labute approximate surface area is 191 Å². The fraction of sp³-hybridized carbons (Fsp3) is 0.417. The summed E-state index contributed by atoms with van der Waals surface area (Å²) in [6.45, 7) is 5.97. The first kappa shape index (κ1) is 25.4. The molecule has 8 heteroatoms. The summed E-state index contributed by atoms with van der Waals surface area (Å²) in [5, 5.41) is 2.79. The SMILES string of the molecule is CCNC(=O)C(CC)N(CCc1ccccc1)C(=O)CN(c1ccc(C)cc1)S(C)(=O)=O. The van der Waals surface area contributed by atoms with Crippen LogP contribution in [0.3, 0.4) is 0 Å². The van der Waals surface area contributed by atoms with Crippen molar-refractivity contribution in [3.05, 3.63) is 65.7 Å². The van der Waals surface area contributed by atoms with E-state index in [2.05, 4.69) is 5.32 Å². The Balaban J connectivity index is 2.33. The van der Waals surface area contributed by atoms with Crippen LogP contribution in [0.15, 0.2) is 54.6 Å². The molecule has 174 valence electrons. The van der Waals surface area contributed by atoms with Gasteiger partial charge in [-0.2, -0.15) is 0 Å². The molecule has 7 nitrogen and oxygen atoms in total. The van der Waals surface area contributed by atoms with Gasteiger partial charge in [0.1, 0.15) is 12.6 Å². The van der Waals surface area contributed by atoms with Crippen molar-refractivity contribution >= 4 is 27.5 Å². The number of amides is 2. The molecule has 0 aliphatic heterocycles. The maximum Gasteiger partial charge on any atom is 0.244 e. The molecule has 0 radical (unpaired) electrons. The maximum absolute atomic E-state index is 13.4. The number of carbonyl (C=O) groups excluding carboxylic acids is 2. The largest absolute Gasteiger partial charge is 0.355 e. The van der Waals surface area contributed by atoms with E-state index in [1.54, 1.807) is 24.3 Å². The zero-order valence-corrected chi connectivity index (χ0v) is 20.1. The number of aryl methyl sites for hydroxylation is 1. The summed E-state index contributed by atoms with van der Waals surface area (Å²) in [6.07, 6.45) is 2.07. The van der Waals surface area contributed by atoms with Crippen LogP contribution in [0.25, 0.3) is 0 Å². The summed E-state index contributed by atoms with van der Waals surface area (Å²) in [7, 11) is -3.70. The fourth-order valence-corrected chi connectivity index (χ4v) is 4.36. The maximum atomic E-state index is 13.4. The van der Waals surface area contributed by atoms with Gasteiger partial charge in [0.25, 0.3) is 0 Å². The predicted molar refractivity (Wildman–Crippen MR) is 128 cm³/mol. The van der Waals surface area contributed by atoms with Gasteiger partial charge in [-0.25, -0.2) is 8.42 Å². The number of nitrogens with one attached hydrogen (secondary N) is 1. The normalized spacial score (nSPS) is 12.1. The van der Waals surface area contributed by atoms with Crippen LogP contribution in [-0.2, 0) is 26.0 Å². The van der Waals surface area contributed by atoms with Crippen molar-refractivity contribution in [2.24, 2.45) is 0 Å². The number of rotatable bonds is 11. The molecule has 2 amide bonds. The summed E-state index contributed by atoms with van der Waals surface area (Å²) >= 11 is 0. The van der Waals surface area contributed by atoms with E-state index in [9.17, 15) is 18.0 Å². The van der Waals surface area contributed by atoms with Crippen LogP contribution in [0.4, 0.5) is 5.69 Å². The molecular formula is C24H33N3O4S. The summed E-state index contributed by atoms with van der Waals surface area (Å²) in [5.41, 5.74) is 2.44. The van der Waals surface area contributed by atoms with Gasteiger partial charge in [-0.15, -0.1) is 0 Å². The van der Waals surface area contributed by atoms with Crippen LogP contribution in [0.2, 0.25) is 0 Å². The minimum atomic E-state index is -3.70. The van der Waals surface area contributed by atoms with E-state index in [-0.39, 0.29) is 12.5 Å². The van der Waals surface area contributed by atoms with E-state index in [1.165, 1.54) is 4.90 Å². The van der Waals surface area contributed by atoms with Gasteiger partial charge < -0.3 is 10.2 Å². The van der Waals surface area contributed by atoms with Gasteiger partial charge in [0.2, 0.25) is 21.8 Å². The zero-order chi connectivity index (χ0) is 23.7. The molecule has 1 unspecified atom stereocenters. The van der Waals surface area contributed by atoms with Crippen LogP contribution in [0.5, 0.6) is 0 Å². The third-order valence-corrected chi connectivity index (χ3v) is 6.36. The lowest BCUT2D eigenvalue weighted by Gasteiger charge is -2.32. The Morgan fingerprint density at radius 3 is 2.16 bits per heavy atom. The van der Waals surface area contributed by atoms with E-state index in [0.717, 1.165) is 21.7 Å². The molecule has 2 rings (SSSR count). The molecule has 0 bridgehead atoms. The molecule has 32 heavy (non-hydrogen) atoms. The minimum Gasteiger partial charge on any atom is -0.355 e. The highest BCUT2D eigenvalue weighted by molar-refractivity contribution is 7.92. The first-order valence-electron chi connectivity index (χ1n) is 10.8. The molecule has 1 atom stereocenters. The zero-order valence-electron chi connectivity index (χ0n) is 19.2. The Hall–Kier alpha value is -2.87. The van der Waals surface area contributed by atoms with Crippen molar-refractivity contribution in [2.75, 3.05) is 30.2 Å². The number of hydrogen-bond acceptors (Lipinski definition) is 4. The molecule has 0 spiro atoms. The average molecular weight is 460 g/mol. The van der Waals surface area contributed by atoms with E-state index in [0.29, 0.717) is 31.6 Å². The van der Waals surface area contributed by atoms with Crippen LogP contribution in [0.1, 0.15) is 31.4 Å². The van der Waals surface area contributed by atoms with Crippen molar-refractivity contribution in [1.29, 1.82) is 0 Å². The third-order valence-electron chi connectivity index (χ3n) is 5.22. The van der Waals surface area contributed by atoms with Gasteiger partial charge >= 0.3 is 0 Å². The Morgan fingerprint density at radius 1 is 1.00 bits per heavy atom. The monoisotopic (exact) mass is 459 g/mol. The summed E-state index contributed by atoms with van der Waals surface area (Å²) in [4.78, 5) is 27.6. The molecular weight excluding hydrogens is 426 g/mol. The molecule has 0 saturated heterocycles. The van der Waals surface area contributed by atoms with Crippen LogP contribution in [0, 0.1) is 6.92 Å². The van der Waals surface area contributed by atoms with Crippen molar-refractivity contribution in [2.45, 2.75) is 39.7 Å². The molecule has 0 fully saturated rings. The van der Waals surface area contributed by atoms with Gasteiger partial charge in [-0.1, -0.05) is 55.0 Å². The first-order valence-corrected chi connectivity index (χ1v) is 12.7. The van der Waals surface area contributed by atoms with E-state index >= 15 is 0 Å². The van der Waals surface area contributed by atoms with Crippen molar-refractivity contribution in [3.8, 4) is 0 Å². The molecule has 0 heterocycles. The lowest BCUT2D eigenvalue weighted by atomic mass is 10.1. The number of anilines is 1. The van der Waals surface area contributed by atoms with Gasteiger partial charge in [0, 0.05) is 13.1 Å². The van der Waals surface area contributed by atoms with Gasteiger partial charge in [0.05, 0.1) is 11.9 Å². The number of nitrogens with zero attached hydrogens (tertiary/aromatic N) is 2. The Bertz CT molecular complexity index is 992. The quantitative estimate of drug-likeness (QED) is 0.560. The smallest absolute Gasteiger partial charge is 0.244 e. The highest BCUT2D eigenvalue weighted by Gasteiger charge is 2.31. The van der Waals surface area contributed by atoms with Gasteiger partial charge in [-0.3, -0.25) is 13.9 Å². The number of benzene rings is 2. The topological polar surface area (TPSA) is 86.8 Å². The second-order valence-corrected chi connectivity index (χ2v) is 9.65. The molecule has 0 saturated carbocycles. The molecule has 0 aliphatic rings. The lowest BCUT2D eigenvalue weighted by molar-refractivity contribution is -0.139. The number of sulfonamides is 1.